The van der Waals surface area contributed by atoms with Crippen LogP contribution in [0.15, 0.2) is 41.8 Å². The lowest BCUT2D eigenvalue weighted by Crippen LogP contribution is -2.47. The van der Waals surface area contributed by atoms with Gasteiger partial charge in [0.1, 0.15) is 5.84 Å². The summed E-state index contributed by atoms with van der Waals surface area (Å²) in [5.74, 6) is 1.03. The van der Waals surface area contributed by atoms with Gasteiger partial charge in [0.2, 0.25) is 0 Å². The molecule has 1 aromatic heterocycles. The molecule has 2 saturated heterocycles. The van der Waals surface area contributed by atoms with Crippen molar-refractivity contribution in [2.45, 2.75) is 40.5 Å². The molecule has 3 heterocycles. The van der Waals surface area contributed by atoms with E-state index in [1.54, 1.807) is 18.6 Å². The maximum atomic E-state index is 5.54. The fourth-order valence-corrected chi connectivity index (χ4v) is 5.09. The Morgan fingerprint density at radius 3 is 2.77 bits per heavy atom. The molecular formula is C28H40N6O. The van der Waals surface area contributed by atoms with Crippen LogP contribution in [0, 0.1) is 12.3 Å². The molecule has 1 N–H and O–H groups in total. The van der Waals surface area contributed by atoms with Crippen molar-refractivity contribution in [2.75, 3.05) is 57.4 Å². The predicted octanol–water partition coefficient (Wildman–Crippen LogP) is 4.25. The van der Waals surface area contributed by atoms with Gasteiger partial charge in [-0.25, -0.2) is 4.99 Å². The summed E-state index contributed by atoms with van der Waals surface area (Å²) in [6.45, 7) is 16.4. The van der Waals surface area contributed by atoms with E-state index in [1.807, 2.05) is 6.08 Å². The number of morpholine rings is 1. The molecule has 35 heavy (non-hydrogen) atoms. The SMILES string of the molecule is CCN(CC1(C)CCCNC1)/C(C)=N/C(=C\c1cnccn1)c1ccc(N2CCOCC2)c(C)c1. The van der Waals surface area contributed by atoms with Crippen molar-refractivity contribution < 1.29 is 4.74 Å². The molecule has 0 amide bonds. The van der Waals surface area contributed by atoms with E-state index in [0.29, 0.717) is 0 Å². The molecule has 1 atom stereocenters. The standard InChI is InChI=1S/C28H40N6O/c1-5-33(21-28(4)9-6-10-30-20-28)23(3)32-26(18-25-19-29-11-12-31-25)24-7-8-27(22(2)17-24)34-13-15-35-16-14-34/h7-8,11-12,17-19,30H,5-6,9-10,13-16,20-21H2,1-4H3/b26-18-,32-23+. The molecule has 188 valence electrons. The largest absolute Gasteiger partial charge is 0.378 e. The van der Waals surface area contributed by atoms with Crippen LogP contribution in [-0.4, -0.2) is 73.2 Å². The molecule has 2 aromatic rings. The summed E-state index contributed by atoms with van der Waals surface area (Å²) in [5.41, 5.74) is 5.58. The molecule has 1 unspecified atom stereocenters. The minimum Gasteiger partial charge on any atom is -0.378 e. The first-order valence-corrected chi connectivity index (χ1v) is 12.9. The topological polar surface area (TPSA) is 65.9 Å². The Morgan fingerprint density at radius 2 is 2.11 bits per heavy atom. The number of piperidine rings is 1. The number of hydrogen-bond donors (Lipinski definition) is 1. The third-order valence-electron chi connectivity index (χ3n) is 7.09. The quantitative estimate of drug-likeness (QED) is 0.476. The van der Waals surface area contributed by atoms with Gasteiger partial charge in [-0.15, -0.1) is 0 Å². The van der Waals surface area contributed by atoms with E-state index in [4.69, 9.17) is 9.73 Å². The third kappa shape index (κ3) is 6.67. The van der Waals surface area contributed by atoms with Crippen molar-refractivity contribution in [1.82, 2.24) is 20.2 Å². The van der Waals surface area contributed by atoms with Gasteiger partial charge in [0.05, 0.1) is 30.8 Å². The first kappa shape index (κ1) is 25.3. The fraction of sp³-hybridized carbons (Fsp3) is 0.536. The number of aryl methyl sites for hydroxylation is 1. The number of aromatic nitrogens is 2. The minimum atomic E-state index is 0.260. The predicted molar refractivity (Wildman–Crippen MR) is 145 cm³/mol. The van der Waals surface area contributed by atoms with Crippen LogP contribution in [0.5, 0.6) is 0 Å². The molecule has 7 heteroatoms. The Balaban J connectivity index is 1.64. The first-order valence-electron chi connectivity index (χ1n) is 12.9. The highest BCUT2D eigenvalue weighted by Gasteiger charge is 2.29. The lowest BCUT2D eigenvalue weighted by Gasteiger charge is -2.39. The van der Waals surface area contributed by atoms with Gasteiger partial charge in [-0.05, 0) is 69.3 Å². The lowest BCUT2D eigenvalue weighted by atomic mass is 9.82. The number of nitrogens with one attached hydrogen (secondary N) is 1. The second-order valence-electron chi connectivity index (χ2n) is 10.0. The van der Waals surface area contributed by atoms with Crippen molar-refractivity contribution in [3.63, 3.8) is 0 Å². The Hall–Kier alpha value is -2.77. The summed E-state index contributed by atoms with van der Waals surface area (Å²) < 4.78 is 5.54. The third-order valence-corrected chi connectivity index (χ3v) is 7.09. The summed E-state index contributed by atoms with van der Waals surface area (Å²) in [6, 6.07) is 6.64. The van der Waals surface area contributed by atoms with Crippen LogP contribution in [0.2, 0.25) is 0 Å². The number of benzene rings is 1. The van der Waals surface area contributed by atoms with Gasteiger partial charge >= 0.3 is 0 Å². The molecular weight excluding hydrogens is 436 g/mol. The fourth-order valence-electron chi connectivity index (χ4n) is 5.09. The molecule has 2 fully saturated rings. The molecule has 4 rings (SSSR count). The van der Waals surface area contributed by atoms with Crippen molar-refractivity contribution >= 4 is 23.3 Å². The Bertz CT molecular complexity index is 1020. The second-order valence-corrected chi connectivity index (χ2v) is 10.0. The number of ether oxygens (including phenoxy) is 1. The highest BCUT2D eigenvalue weighted by atomic mass is 16.5. The molecule has 0 saturated carbocycles. The number of hydrogen-bond acceptors (Lipinski definition) is 6. The van der Waals surface area contributed by atoms with Crippen LogP contribution in [0.25, 0.3) is 11.8 Å². The molecule has 0 radical (unpaired) electrons. The van der Waals surface area contributed by atoms with Gasteiger partial charge in [0, 0.05) is 56.4 Å². The summed E-state index contributed by atoms with van der Waals surface area (Å²) in [7, 11) is 0. The smallest absolute Gasteiger partial charge is 0.102 e. The van der Waals surface area contributed by atoms with E-state index in [2.05, 4.69) is 71.0 Å². The normalized spacial score (nSPS) is 21.8. The average molecular weight is 477 g/mol. The number of nitrogens with zero attached hydrogens (tertiary/aromatic N) is 5. The Morgan fingerprint density at radius 1 is 1.29 bits per heavy atom. The molecule has 0 spiro atoms. The van der Waals surface area contributed by atoms with E-state index < -0.39 is 0 Å². The van der Waals surface area contributed by atoms with Crippen molar-refractivity contribution in [1.29, 1.82) is 0 Å². The van der Waals surface area contributed by atoms with Crippen LogP contribution < -0.4 is 10.2 Å². The average Bonchev–Trinajstić information content (AvgIpc) is 2.88. The highest BCUT2D eigenvalue weighted by Crippen LogP contribution is 2.29. The summed E-state index contributed by atoms with van der Waals surface area (Å²) >= 11 is 0. The van der Waals surface area contributed by atoms with Crippen LogP contribution in [-0.2, 0) is 4.74 Å². The maximum Gasteiger partial charge on any atom is 0.102 e. The van der Waals surface area contributed by atoms with E-state index in [0.717, 1.165) is 75.3 Å². The van der Waals surface area contributed by atoms with E-state index in [-0.39, 0.29) is 5.41 Å². The monoisotopic (exact) mass is 476 g/mol. The molecule has 1 aromatic carbocycles. The van der Waals surface area contributed by atoms with Crippen molar-refractivity contribution in [3.8, 4) is 0 Å². The number of anilines is 1. The van der Waals surface area contributed by atoms with Gasteiger partial charge in [-0.2, -0.15) is 0 Å². The second kappa shape index (κ2) is 11.8. The lowest BCUT2D eigenvalue weighted by molar-refractivity contribution is 0.122. The Labute approximate surface area is 210 Å². The van der Waals surface area contributed by atoms with Crippen LogP contribution in [0.3, 0.4) is 0 Å². The number of rotatable bonds is 7. The van der Waals surface area contributed by atoms with Gasteiger partial charge in [0.15, 0.2) is 0 Å². The zero-order valence-corrected chi connectivity index (χ0v) is 21.8. The van der Waals surface area contributed by atoms with Crippen molar-refractivity contribution in [2.24, 2.45) is 10.4 Å². The number of amidine groups is 1. The maximum absolute atomic E-state index is 5.54. The van der Waals surface area contributed by atoms with E-state index >= 15 is 0 Å². The number of aliphatic imine (C=N–C) groups is 1. The summed E-state index contributed by atoms with van der Waals surface area (Å²) in [5, 5.41) is 3.58. The Kier molecular flexibility index (Phi) is 8.52. The first-order chi connectivity index (χ1) is 17.0. The minimum absolute atomic E-state index is 0.260. The van der Waals surface area contributed by atoms with Crippen LogP contribution in [0.4, 0.5) is 5.69 Å². The zero-order valence-electron chi connectivity index (χ0n) is 21.8. The molecule has 0 bridgehead atoms. The molecule has 2 aliphatic heterocycles. The molecule has 7 nitrogen and oxygen atoms in total. The van der Waals surface area contributed by atoms with Gasteiger partial charge in [0.25, 0.3) is 0 Å². The molecule has 0 aliphatic carbocycles. The zero-order chi connectivity index (χ0) is 24.7. The highest BCUT2D eigenvalue weighted by molar-refractivity contribution is 5.91. The summed E-state index contributed by atoms with van der Waals surface area (Å²) in [6.07, 6.45) is 9.72. The van der Waals surface area contributed by atoms with Gasteiger partial charge < -0.3 is 19.9 Å². The van der Waals surface area contributed by atoms with Gasteiger partial charge in [-0.1, -0.05) is 13.0 Å². The van der Waals surface area contributed by atoms with Crippen LogP contribution in [0.1, 0.15) is 50.4 Å². The molecule has 2 aliphatic rings. The van der Waals surface area contributed by atoms with E-state index in [9.17, 15) is 0 Å². The van der Waals surface area contributed by atoms with Crippen molar-refractivity contribution in [3.05, 3.63) is 53.6 Å². The van der Waals surface area contributed by atoms with Gasteiger partial charge in [-0.3, -0.25) is 9.97 Å². The van der Waals surface area contributed by atoms with E-state index in [1.165, 1.54) is 24.1 Å². The van der Waals surface area contributed by atoms with Crippen LogP contribution >= 0.6 is 0 Å². The summed E-state index contributed by atoms with van der Waals surface area (Å²) in [4.78, 5) is 18.7.